The predicted molar refractivity (Wildman–Crippen MR) is 74.1 cm³/mol. The van der Waals surface area contributed by atoms with Gasteiger partial charge in [0.1, 0.15) is 0 Å². The largest absolute Gasteiger partial charge is 0.296 e. The van der Waals surface area contributed by atoms with Crippen molar-refractivity contribution in [3.63, 3.8) is 0 Å². The molecular weight excluding hydrogens is 206 g/mol. The summed E-state index contributed by atoms with van der Waals surface area (Å²) in [6.45, 7) is 4.88. The van der Waals surface area contributed by atoms with Gasteiger partial charge in [0.2, 0.25) is 0 Å². The highest BCUT2D eigenvalue weighted by molar-refractivity contribution is 5.19. The van der Waals surface area contributed by atoms with E-state index in [2.05, 4.69) is 42.2 Å². The molecule has 1 atom stereocenters. The van der Waals surface area contributed by atoms with E-state index >= 15 is 0 Å². The lowest BCUT2D eigenvalue weighted by Gasteiger charge is -2.35. The van der Waals surface area contributed by atoms with E-state index in [1.165, 1.54) is 57.2 Å². The van der Waals surface area contributed by atoms with E-state index in [1.807, 2.05) is 0 Å². The molecule has 0 aliphatic carbocycles. The third kappa shape index (κ3) is 3.57. The van der Waals surface area contributed by atoms with Crippen LogP contribution in [0.15, 0.2) is 30.3 Å². The van der Waals surface area contributed by atoms with Gasteiger partial charge in [-0.15, -0.1) is 0 Å². The average Bonchev–Trinajstić information content (AvgIpc) is 2.42. The molecule has 0 aromatic heterocycles. The van der Waals surface area contributed by atoms with E-state index in [0.29, 0.717) is 6.04 Å². The van der Waals surface area contributed by atoms with Gasteiger partial charge in [0.15, 0.2) is 0 Å². The molecule has 1 heterocycles. The van der Waals surface area contributed by atoms with E-state index < -0.39 is 0 Å². The maximum atomic E-state index is 2.70. The molecule has 17 heavy (non-hydrogen) atoms. The van der Waals surface area contributed by atoms with Crippen LogP contribution in [0, 0.1) is 0 Å². The molecule has 1 nitrogen and oxygen atoms in total. The van der Waals surface area contributed by atoms with Crippen molar-refractivity contribution in [1.82, 2.24) is 4.90 Å². The number of hydrogen-bond acceptors (Lipinski definition) is 1. The summed E-state index contributed by atoms with van der Waals surface area (Å²) < 4.78 is 0. The molecule has 0 radical (unpaired) electrons. The molecule has 1 aliphatic heterocycles. The number of piperidine rings is 1. The van der Waals surface area contributed by atoms with Crippen LogP contribution in [0.3, 0.4) is 0 Å². The summed E-state index contributed by atoms with van der Waals surface area (Å²) in [5, 5.41) is 0. The lowest BCUT2D eigenvalue weighted by Crippen LogP contribution is -2.33. The summed E-state index contributed by atoms with van der Waals surface area (Å²) in [6.07, 6.45) is 8.16. The molecule has 1 saturated heterocycles. The first-order valence-corrected chi connectivity index (χ1v) is 7.21. The molecule has 0 N–H and O–H groups in total. The van der Waals surface area contributed by atoms with Crippen LogP contribution in [0.4, 0.5) is 0 Å². The third-order valence-corrected chi connectivity index (χ3v) is 3.85. The summed E-state index contributed by atoms with van der Waals surface area (Å²) in [7, 11) is 0. The van der Waals surface area contributed by atoms with Crippen molar-refractivity contribution < 1.29 is 0 Å². The van der Waals surface area contributed by atoms with Crippen molar-refractivity contribution in [1.29, 1.82) is 0 Å². The van der Waals surface area contributed by atoms with Crippen LogP contribution >= 0.6 is 0 Å². The molecule has 0 bridgehead atoms. The van der Waals surface area contributed by atoms with Gasteiger partial charge in [0, 0.05) is 6.04 Å². The molecule has 0 amide bonds. The molecule has 1 unspecified atom stereocenters. The standard InChI is InChI=1S/C16H25N/c1-2-3-12-16(15-10-6-4-7-11-15)17-13-8-5-9-14-17/h4,6-7,10-11,16H,2-3,5,8-9,12-14H2,1H3. The second-order valence-electron chi connectivity index (χ2n) is 5.17. The molecule has 1 aliphatic rings. The van der Waals surface area contributed by atoms with Crippen molar-refractivity contribution >= 4 is 0 Å². The highest BCUT2D eigenvalue weighted by atomic mass is 15.2. The monoisotopic (exact) mass is 231 g/mol. The van der Waals surface area contributed by atoms with Crippen LogP contribution in [0.25, 0.3) is 0 Å². The zero-order valence-corrected chi connectivity index (χ0v) is 11.1. The Morgan fingerprint density at radius 1 is 1.06 bits per heavy atom. The molecule has 94 valence electrons. The SMILES string of the molecule is CCCCC(c1ccccc1)N1CCCCC1. The van der Waals surface area contributed by atoms with E-state index in [4.69, 9.17) is 0 Å². The van der Waals surface area contributed by atoms with Crippen molar-refractivity contribution in [2.45, 2.75) is 51.5 Å². The molecule has 0 spiro atoms. The van der Waals surface area contributed by atoms with Gasteiger partial charge >= 0.3 is 0 Å². The second kappa shape index (κ2) is 6.80. The van der Waals surface area contributed by atoms with Crippen LogP contribution in [-0.2, 0) is 0 Å². The Bertz CT molecular complexity index is 301. The normalized spacial score (nSPS) is 19.1. The van der Waals surface area contributed by atoms with Crippen molar-refractivity contribution in [2.24, 2.45) is 0 Å². The molecule has 1 aromatic rings. The number of unbranched alkanes of at least 4 members (excludes halogenated alkanes) is 1. The average molecular weight is 231 g/mol. The summed E-state index contributed by atoms with van der Waals surface area (Å²) in [4.78, 5) is 2.70. The highest BCUT2D eigenvalue weighted by Crippen LogP contribution is 2.28. The summed E-state index contributed by atoms with van der Waals surface area (Å²) >= 11 is 0. The van der Waals surface area contributed by atoms with Crippen LogP contribution in [0.2, 0.25) is 0 Å². The van der Waals surface area contributed by atoms with Gasteiger partial charge in [-0.05, 0) is 37.9 Å². The number of nitrogens with zero attached hydrogens (tertiary/aromatic N) is 1. The highest BCUT2D eigenvalue weighted by Gasteiger charge is 2.21. The van der Waals surface area contributed by atoms with Crippen molar-refractivity contribution in [2.75, 3.05) is 13.1 Å². The van der Waals surface area contributed by atoms with Gasteiger partial charge < -0.3 is 0 Å². The van der Waals surface area contributed by atoms with E-state index in [0.717, 1.165) is 0 Å². The summed E-state index contributed by atoms with van der Waals surface area (Å²) in [5.74, 6) is 0. The van der Waals surface area contributed by atoms with Gasteiger partial charge in [-0.25, -0.2) is 0 Å². The fraction of sp³-hybridized carbons (Fsp3) is 0.625. The summed E-state index contributed by atoms with van der Waals surface area (Å²) in [5.41, 5.74) is 1.52. The number of benzene rings is 1. The Hall–Kier alpha value is -0.820. The van der Waals surface area contributed by atoms with Crippen LogP contribution < -0.4 is 0 Å². The van der Waals surface area contributed by atoms with Crippen LogP contribution in [0.1, 0.15) is 57.1 Å². The molecule has 0 saturated carbocycles. The second-order valence-corrected chi connectivity index (χ2v) is 5.17. The lowest BCUT2D eigenvalue weighted by molar-refractivity contribution is 0.153. The Morgan fingerprint density at radius 2 is 1.76 bits per heavy atom. The fourth-order valence-corrected chi connectivity index (χ4v) is 2.86. The summed E-state index contributed by atoms with van der Waals surface area (Å²) in [6, 6.07) is 11.7. The maximum Gasteiger partial charge on any atom is 0.0348 e. The first-order valence-electron chi connectivity index (χ1n) is 7.21. The van der Waals surface area contributed by atoms with Gasteiger partial charge in [-0.1, -0.05) is 56.5 Å². The topological polar surface area (TPSA) is 3.24 Å². The van der Waals surface area contributed by atoms with E-state index in [1.54, 1.807) is 0 Å². The van der Waals surface area contributed by atoms with Crippen molar-refractivity contribution in [3.05, 3.63) is 35.9 Å². The third-order valence-electron chi connectivity index (χ3n) is 3.85. The smallest absolute Gasteiger partial charge is 0.0348 e. The minimum Gasteiger partial charge on any atom is -0.296 e. The quantitative estimate of drug-likeness (QED) is 0.726. The Kier molecular flexibility index (Phi) is 5.06. The van der Waals surface area contributed by atoms with Crippen molar-refractivity contribution in [3.8, 4) is 0 Å². The first-order chi connectivity index (χ1) is 8.42. The van der Waals surface area contributed by atoms with Gasteiger partial charge in [-0.2, -0.15) is 0 Å². The van der Waals surface area contributed by atoms with E-state index in [-0.39, 0.29) is 0 Å². The molecule has 1 fully saturated rings. The molecule has 1 heteroatoms. The fourth-order valence-electron chi connectivity index (χ4n) is 2.86. The zero-order valence-electron chi connectivity index (χ0n) is 11.1. The van der Waals surface area contributed by atoms with E-state index in [9.17, 15) is 0 Å². The Morgan fingerprint density at radius 3 is 2.41 bits per heavy atom. The Balaban J connectivity index is 2.06. The number of hydrogen-bond donors (Lipinski definition) is 0. The van der Waals surface area contributed by atoms with Crippen LogP contribution in [-0.4, -0.2) is 18.0 Å². The minimum atomic E-state index is 0.663. The predicted octanol–water partition coefficient (Wildman–Crippen LogP) is 4.40. The molecule has 1 aromatic carbocycles. The zero-order chi connectivity index (χ0) is 11.9. The number of rotatable bonds is 5. The first kappa shape index (κ1) is 12.6. The Labute approximate surface area is 106 Å². The van der Waals surface area contributed by atoms with Gasteiger partial charge in [-0.3, -0.25) is 4.90 Å². The van der Waals surface area contributed by atoms with Gasteiger partial charge in [0.25, 0.3) is 0 Å². The lowest BCUT2D eigenvalue weighted by atomic mass is 9.97. The maximum absolute atomic E-state index is 2.70. The number of likely N-dealkylation sites (tertiary alicyclic amines) is 1. The molecular formula is C16H25N. The molecule has 2 rings (SSSR count). The van der Waals surface area contributed by atoms with Gasteiger partial charge in [0.05, 0.1) is 0 Å². The minimum absolute atomic E-state index is 0.663. The van der Waals surface area contributed by atoms with Crippen LogP contribution in [0.5, 0.6) is 0 Å².